The van der Waals surface area contributed by atoms with Crippen molar-refractivity contribution in [3.63, 3.8) is 0 Å². The van der Waals surface area contributed by atoms with Crippen molar-refractivity contribution < 1.29 is 9.72 Å². The molecular weight excluding hydrogens is 246 g/mol. The number of carbonyl (C=O) groups excluding carboxylic acids is 1. The molecule has 1 amide bonds. The summed E-state index contributed by atoms with van der Waals surface area (Å²) in [7, 11) is 0. The lowest BCUT2D eigenvalue weighted by Gasteiger charge is -2.19. The van der Waals surface area contributed by atoms with Gasteiger partial charge in [-0.3, -0.25) is 20.2 Å². The average Bonchev–Trinajstić information content (AvgIpc) is 2.39. The molecule has 0 aromatic heterocycles. The Morgan fingerprint density at radius 2 is 2.11 bits per heavy atom. The Balaban J connectivity index is 2.72. The molecule has 1 rings (SSSR count). The number of rotatable bonds is 6. The van der Waals surface area contributed by atoms with Gasteiger partial charge in [-0.15, -0.1) is 0 Å². The first kappa shape index (κ1) is 15.1. The molecule has 0 fully saturated rings. The van der Waals surface area contributed by atoms with E-state index in [1.807, 2.05) is 13.8 Å². The second-order valence-electron chi connectivity index (χ2n) is 4.36. The molecule has 0 aliphatic rings. The van der Waals surface area contributed by atoms with Gasteiger partial charge in [0.15, 0.2) is 0 Å². The van der Waals surface area contributed by atoms with Crippen LogP contribution >= 0.6 is 0 Å². The van der Waals surface area contributed by atoms with Gasteiger partial charge in [0.25, 0.3) is 5.69 Å². The van der Waals surface area contributed by atoms with Gasteiger partial charge in [0, 0.05) is 24.7 Å². The van der Waals surface area contributed by atoms with Gasteiger partial charge < -0.3 is 5.32 Å². The number of nitro groups is 1. The van der Waals surface area contributed by atoms with Crippen molar-refractivity contribution in [2.24, 2.45) is 0 Å². The Bertz CT molecular complexity index is 462. The van der Waals surface area contributed by atoms with E-state index >= 15 is 0 Å². The molecule has 0 saturated heterocycles. The van der Waals surface area contributed by atoms with E-state index in [1.165, 1.54) is 12.1 Å². The quantitative estimate of drug-likeness (QED) is 0.606. The van der Waals surface area contributed by atoms with Gasteiger partial charge >= 0.3 is 0 Å². The largest absolute Gasteiger partial charge is 0.355 e. The van der Waals surface area contributed by atoms with Gasteiger partial charge in [0.1, 0.15) is 0 Å². The molecule has 6 heteroatoms. The summed E-state index contributed by atoms with van der Waals surface area (Å²) in [5.74, 6) is -0.0835. The molecule has 0 aliphatic carbocycles. The number of likely N-dealkylation sites (N-methyl/N-ethyl adjacent to an activating group) is 1. The lowest BCUT2D eigenvalue weighted by Crippen LogP contribution is -2.43. The molecule has 1 aromatic rings. The van der Waals surface area contributed by atoms with E-state index in [1.54, 1.807) is 19.1 Å². The molecule has 2 unspecified atom stereocenters. The van der Waals surface area contributed by atoms with Crippen LogP contribution in [0.5, 0.6) is 0 Å². The summed E-state index contributed by atoms with van der Waals surface area (Å²) in [5, 5.41) is 16.5. The molecular formula is C13H19N3O3. The fourth-order valence-electron chi connectivity index (χ4n) is 1.78. The number of hydrogen-bond donors (Lipinski definition) is 2. The van der Waals surface area contributed by atoms with Gasteiger partial charge in [-0.1, -0.05) is 12.1 Å². The van der Waals surface area contributed by atoms with Crippen LogP contribution in [-0.2, 0) is 4.79 Å². The maximum Gasteiger partial charge on any atom is 0.269 e. The SMILES string of the molecule is CCNC(=O)C(C)NC(C)c1cccc([N+](=O)[O-])c1. The van der Waals surface area contributed by atoms with E-state index in [2.05, 4.69) is 10.6 Å². The summed E-state index contributed by atoms with van der Waals surface area (Å²) in [5.41, 5.74) is 0.835. The topological polar surface area (TPSA) is 84.3 Å². The second-order valence-corrected chi connectivity index (χ2v) is 4.36. The highest BCUT2D eigenvalue weighted by Gasteiger charge is 2.16. The number of nitrogens with zero attached hydrogens (tertiary/aromatic N) is 1. The van der Waals surface area contributed by atoms with Gasteiger partial charge in [-0.05, 0) is 26.3 Å². The molecule has 2 atom stereocenters. The minimum absolute atomic E-state index is 0.0526. The zero-order valence-electron chi connectivity index (χ0n) is 11.3. The van der Waals surface area contributed by atoms with E-state index in [9.17, 15) is 14.9 Å². The smallest absolute Gasteiger partial charge is 0.269 e. The first-order valence-corrected chi connectivity index (χ1v) is 6.23. The predicted octanol–water partition coefficient (Wildman–Crippen LogP) is 1.77. The fourth-order valence-corrected chi connectivity index (χ4v) is 1.78. The van der Waals surface area contributed by atoms with Gasteiger partial charge in [-0.25, -0.2) is 0 Å². The van der Waals surface area contributed by atoms with E-state index < -0.39 is 4.92 Å². The Hall–Kier alpha value is -1.95. The minimum Gasteiger partial charge on any atom is -0.355 e. The average molecular weight is 265 g/mol. The molecule has 0 bridgehead atoms. The normalized spacial score (nSPS) is 13.6. The van der Waals surface area contributed by atoms with Crippen molar-refractivity contribution in [3.05, 3.63) is 39.9 Å². The molecule has 6 nitrogen and oxygen atoms in total. The van der Waals surface area contributed by atoms with Crippen molar-refractivity contribution in [1.82, 2.24) is 10.6 Å². The highest BCUT2D eigenvalue weighted by Crippen LogP contribution is 2.19. The van der Waals surface area contributed by atoms with Crippen LogP contribution in [0.2, 0.25) is 0 Å². The van der Waals surface area contributed by atoms with Crippen LogP contribution in [0.4, 0.5) is 5.69 Å². The summed E-state index contributed by atoms with van der Waals surface area (Å²) >= 11 is 0. The molecule has 0 radical (unpaired) electrons. The van der Waals surface area contributed by atoms with Crippen LogP contribution in [-0.4, -0.2) is 23.4 Å². The first-order valence-electron chi connectivity index (χ1n) is 6.23. The molecule has 104 valence electrons. The predicted molar refractivity (Wildman–Crippen MR) is 72.8 cm³/mol. The zero-order valence-corrected chi connectivity index (χ0v) is 11.3. The van der Waals surface area contributed by atoms with E-state index in [0.29, 0.717) is 6.54 Å². The van der Waals surface area contributed by atoms with Crippen LogP contribution in [0.25, 0.3) is 0 Å². The monoisotopic (exact) mass is 265 g/mol. The Morgan fingerprint density at radius 3 is 2.68 bits per heavy atom. The molecule has 19 heavy (non-hydrogen) atoms. The fraction of sp³-hybridized carbons (Fsp3) is 0.462. The highest BCUT2D eigenvalue weighted by atomic mass is 16.6. The first-order chi connectivity index (χ1) is 8.95. The maximum absolute atomic E-state index is 11.6. The number of amides is 1. The summed E-state index contributed by atoms with van der Waals surface area (Å²) in [4.78, 5) is 21.9. The van der Waals surface area contributed by atoms with Gasteiger partial charge in [0.05, 0.1) is 11.0 Å². The molecule has 2 N–H and O–H groups in total. The molecule has 0 aliphatic heterocycles. The van der Waals surface area contributed by atoms with E-state index in [4.69, 9.17) is 0 Å². The summed E-state index contributed by atoms with van der Waals surface area (Å²) in [6.45, 7) is 6.07. The number of non-ortho nitro benzene ring substituents is 1. The summed E-state index contributed by atoms with van der Waals surface area (Å²) in [6, 6.07) is 5.91. The van der Waals surface area contributed by atoms with E-state index in [-0.39, 0.29) is 23.7 Å². The standard InChI is InChI=1S/C13H19N3O3/c1-4-14-13(17)10(3)15-9(2)11-6-5-7-12(8-11)16(18)19/h5-10,15H,4H2,1-3H3,(H,14,17). The lowest BCUT2D eigenvalue weighted by molar-refractivity contribution is -0.384. The number of carbonyl (C=O) groups is 1. The van der Waals surface area contributed by atoms with Crippen LogP contribution in [0.3, 0.4) is 0 Å². The number of nitrogens with one attached hydrogen (secondary N) is 2. The second kappa shape index (κ2) is 6.84. The summed E-state index contributed by atoms with van der Waals surface area (Å²) in [6.07, 6.45) is 0. The Morgan fingerprint density at radius 1 is 1.42 bits per heavy atom. The van der Waals surface area contributed by atoms with Crippen molar-refractivity contribution in [2.45, 2.75) is 32.9 Å². The van der Waals surface area contributed by atoms with Crippen molar-refractivity contribution >= 4 is 11.6 Å². The molecule has 0 heterocycles. The third kappa shape index (κ3) is 4.33. The lowest BCUT2D eigenvalue weighted by atomic mass is 10.1. The molecule has 1 aromatic carbocycles. The maximum atomic E-state index is 11.6. The number of benzene rings is 1. The van der Waals surface area contributed by atoms with Crippen molar-refractivity contribution in [1.29, 1.82) is 0 Å². The van der Waals surface area contributed by atoms with Crippen LogP contribution in [0, 0.1) is 10.1 Å². The summed E-state index contributed by atoms with van der Waals surface area (Å²) < 4.78 is 0. The Kier molecular flexibility index (Phi) is 5.44. The Labute approximate surface area is 112 Å². The van der Waals surface area contributed by atoms with E-state index in [0.717, 1.165) is 5.56 Å². The van der Waals surface area contributed by atoms with Crippen molar-refractivity contribution in [3.8, 4) is 0 Å². The number of hydrogen-bond acceptors (Lipinski definition) is 4. The zero-order chi connectivity index (χ0) is 14.4. The third-order valence-electron chi connectivity index (χ3n) is 2.83. The highest BCUT2D eigenvalue weighted by molar-refractivity contribution is 5.81. The minimum atomic E-state index is -0.427. The molecule has 0 saturated carbocycles. The molecule has 0 spiro atoms. The van der Waals surface area contributed by atoms with Crippen LogP contribution in [0.15, 0.2) is 24.3 Å². The van der Waals surface area contributed by atoms with Crippen LogP contribution < -0.4 is 10.6 Å². The van der Waals surface area contributed by atoms with Crippen molar-refractivity contribution in [2.75, 3.05) is 6.54 Å². The third-order valence-corrected chi connectivity index (χ3v) is 2.83. The van der Waals surface area contributed by atoms with Gasteiger partial charge in [-0.2, -0.15) is 0 Å². The van der Waals surface area contributed by atoms with Gasteiger partial charge in [0.2, 0.25) is 5.91 Å². The van der Waals surface area contributed by atoms with Crippen LogP contribution in [0.1, 0.15) is 32.4 Å². The number of nitro benzene ring substituents is 1.